The molecule has 5 heteroatoms. The Labute approximate surface area is 116 Å². The Morgan fingerprint density at radius 2 is 2.00 bits per heavy atom. The molecule has 0 spiro atoms. The summed E-state index contributed by atoms with van der Waals surface area (Å²) >= 11 is 5.79. The van der Waals surface area contributed by atoms with Crippen molar-refractivity contribution in [3.05, 3.63) is 58.9 Å². The van der Waals surface area contributed by atoms with E-state index in [1.807, 2.05) is 6.92 Å². The number of nitrogens with zero attached hydrogens (tertiary/aromatic N) is 2. The molecule has 2 aromatic rings. The van der Waals surface area contributed by atoms with Crippen LogP contribution < -0.4 is 5.32 Å². The van der Waals surface area contributed by atoms with Crippen molar-refractivity contribution in [1.82, 2.24) is 15.3 Å². The molecule has 1 unspecified atom stereocenters. The number of rotatable bonds is 5. The van der Waals surface area contributed by atoms with E-state index < -0.39 is 0 Å². The maximum absolute atomic E-state index is 13.9. The third-order valence-corrected chi connectivity index (χ3v) is 3.10. The first kappa shape index (κ1) is 13.9. The molecule has 19 heavy (non-hydrogen) atoms. The van der Waals surface area contributed by atoms with Gasteiger partial charge < -0.3 is 5.32 Å². The lowest BCUT2D eigenvalue weighted by Crippen LogP contribution is -2.25. The average Bonchev–Trinajstić information content (AvgIpc) is 2.44. The predicted octanol–water partition coefficient (Wildman–Crippen LogP) is 3.16. The van der Waals surface area contributed by atoms with E-state index in [9.17, 15) is 4.39 Å². The Bertz CT molecular complexity index is 533. The van der Waals surface area contributed by atoms with E-state index in [0.29, 0.717) is 17.8 Å². The minimum Gasteiger partial charge on any atom is -0.307 e. The van der Waals surface area contributed by atoms with Crippen LogP contribution in [0.5, 0.6) is 0 Å². The van der Waals surface area contributed by atoms with Crippen LogP contribution in [0.15, 0.2) is 36.7 Å². The van der Waals surface area contributed by atoms with Crippen molar-refractivity contribution in [3.8, 4) is 0 Å². The number of hydrogen-bond donors (Lipinski definition) is 1. The first-order valence-corrected chi connectivity index (χ1v) is 6.53. The standard InChI is InChI=1S/C14H15ClFN3/c1-2-17-12(14-18-7-4-8-19-14)9-10-5-3-6-11(15)13(10)16/h3-8,12,17H,2,9H2,1H3. The Balaban J connectivity index is 2.24. The highest BCUT2D eigenvalue weighted by Gasteiger charge is 2.16. The van der Waals surface area contributed by atoms with Crippen molar-refractivity contribution in [3.63, 3.8) is 0 Å². The first-order chi connectivity index (χ1) is 9.22. The van der Waals surface area contributed by atoms with Gasteiger partial charge in [0.1, 0.15) is 11.6 Å². The van der Waals surface area contributed by atoms with Gasteiger partial charge in [0.05, 0.1) is 11.1 Å². The number of nitrogens with one attached hydrogen (secondary N) is 1. The molecule has 0 fully saturated rings. The zero-order valence-electron chi connectivity index (χ0n) is 10.6. The summed E-state index contributed by atoms with van der Waals surface area (Å²) in [5, 5.41) is 3.40. The van der Waals surface area contributed by atoms with Crippen molar-refractivity contribution < 1.29 is 4.39 Å². The van der Waals surface area contributed by atoms with Gasteiger partial charge in [0.2, 0.25) is 0 Å². The topological polar surface area (TPSA) is 37.8 Å². The van der Waals surface area contributed by atoms with Gasteiger partial charge in [-0.3, -0.25) is 0 Å². The SMILES string of the molecule is CCNC(Cc1cccc(Cl)c1F)c1ncccn1. The number of hydrogen-bond acceptors (Lipinski definition) is 3. The smallest absolute Gasteiger partial charge is 0.145 e. The van der Waals surface area contributed by atoms with Crippen LogP contribution in [0, 0.1) is 5.82 Å². The normalized spacial score (nSPS) is 12.4. The second-order valence-corrected chi connectivity index (χ2v) is 4.54. The summed E-state index contributed by atoms with van der Waals surface area (Å²) < 4.78 is 13.9. The summed E-state index contributed by atoms with van der Waals surface area (Å²) in [4.78, 5) is 8.43. The highest BCUT2D eigenvalue weighted by Crippen LogP contribution is 2.22. The van der Waals surface area contributed by atoms with Gasteiger partial charge in [0.25, 0.3) is 0 Å². The van der Waals surface area contributed by atoms with Crippen LogP contribution in [0.3, 0.4) is 0 Å². The van der Waals surface area contributed by atoms with Gasteiger partial charge in [-0.2, -0.15) is 0 Å². The molecule has 1 atom stereocenters. The molecular formula is C14H15ClFN3. The summed E-state index contributed by atoms with van der Waals surface area (Å²) in [7, 11) is 0. The third kappa shape index (κ3) is 3.49. The Morgan fingerprint density at radius 1 is 1.26 bits per heavy atom. The lowest BCUT2D eigenvalue weighted by Gasteiger charge is -2.16. The molecule has 0 aliphatic carbocycles. The Hall–Kier alpha value is -1.52. The quantitative estimate of drug-likeness (QED) is 0.914. The molecule has 1 aromatic heterocycles. The van der Waals surface area contributed by atoms with Crippen LogP contribution in [0.4, 0.5) is 4.39 Å². The predicted molar refractivity (Wildman–Crippen MR) is 73.6 cm³/mol. The van der Waals surface area contributed by atoms with Gasteiger partial charge >= 0.3 is 0 Å². The minimum atomic E-state index is -0.372. The second-order valence-electron chi connectivity index (χ2n) is 4.13. The van der Waals surface area contributed by atoms with E-state index in [1.54, 1.807) is 36.7 Å². The Morgan fingerprint density at radius 3 is 2.68 bits per heavy atom. The van der Waals surface area contributed by atoms with Crippen molar-refractivity contribution >= 4 is 11.6 Å². The molecule has 0 saturated heterocycles. The zero-order valence-corrected chi connectivity index (χ0v) is 11.4. The maximum Gasteiger partial charge on any atom is 0.145 e. The van der Waals surface area contributed by atoms with Gasteiger partial charge in [0.15, 0.2) is 0 Å². The number of benzene rings is 1. The minimum absolute atomic E-state index is 0.126. The molecule has 0 amide bonds. The van der Waals surface area contributed by atoms with Crippen LogP contribution in [-0.2, 0) is 6.42 Å². The van der Waals surface area contributed by atoms with Gasteiger partial charge in [-0.15, -0.1) is 0 Å². The van der Waals surface area contributed by atoms with Crippen molar-refractivity contribution in [1.29, 1.82) is 0 Å². The van der Waals surface area contributed by atoms with E-state index in [1.165, 1.54) is 0 Å². The Kier molecular flexibility index (Phi) is 4.82. The fourth-order valence-corrected chi connectivity index (χ4v) is 2.11. The van der Waals surface area contributed by atoms with E-state index in [2.05, 4.69) is 15.3 Å². The molecule has 1 N–H and O–H groups in total. The fraction of sp³-hybridized carbons (Fsp3) is 0.286. The van der Waals surface area contributed by atoms with Crippen molar-refractivity contribution in [2.24, 2.45) is 0 Å². The summed E-state index contributed by atoms with van der Waals surface area (Å²) in [5.41, 5.74) is 0.561. The summed E-state index contributed by atoms with van der Waals surface area (Å²) in [5.74, 6) is 0.284. The lowest BCUT2D eigenvalue weighted by molar-refractivity contribution is 0.505. The van der Waals surface area contributed by atoms with Gasteiger partial charge in [-0.1, -0.05) is 30.7 Å². The maximum atomic E-state index is 13.9. The summed E-state index contributed by atoms with van der Waals surface area (Å²) in [6.45, 7) is 2.75. The number of aromatic nitrogens is 2. The monoisotopic (exact) mass is 279 g/mol. The number of likely N-dealkylation sites (N-methyl/N-ethyl adjacent to an activating group) is 1. The van der Waals surface area contributed by atoms with E-state index in [4.69, 9.17) is 11.6 Å². The fourth-order valence-electron chi connectivity index (χ4n) is 1.92. The van der Waals surface area contributed by atoms with Crippen LogP contribution in [0.2, 0.25) is 5.02 Å². The molecule has 0 bridgehead atoms. The van der Waals surface area contributed by atoms with E-state index >= 15 is 0 Å². The highest BCUT2D eigenvalue weighted by atomic mass is 35.5. The van der Waals surface area contributed by atoms with Crippen LogP contribution >= 0.6 is 11.6 Å². The average molecular weight is 280 g/mol. The van der Waals surface area contributed by atoms with Crippen molar-refractivity contribution in [2.45, 2.75) is 19.4 Å². The van der Waals surface area contributed by atoms with Gasteiger partial charge in [-0.25, -0.2) is 14.4 Å². The van der Waals surface area contributed by atoms with Crippen LogP contribution in [-0.4, -0.2) is 16.5 Å². The highest BCUT2D eigenvalue weighted by molar-refractivity contribution is 6.30. The molecule has 0 radical (unpaired) electrons. The van der Waals surface area contributed by atoms with Crippen molar-refractivity contribution in [2.75, 3.05) is 6.54 Å². The summed E-state index contributed by atoms with van der Waals surface area (Å²) in [6, 6.07) is 6.65. The van der Waals surface area contributed by atoms with Gasteiger partial charge in [-0.05, 0) is 30.7 Å². The van der Waals surface area contributed by atoms with Gasteiger partial charge in [0, 0.05) is 12.4 Å². The molecule has 2 rings (SSSR count). The molecular weight excluding hydrogens is 265 g/mol. The van der Waals surface area contributed by atoms with E-state index in [-0.39, 0.29) is 16.9 Å². The summed E-state index contributed by atoms with van der Waals surface area (Å²) in [6.07, 6.45) is 3.83. The zero-order chi connectivity index (χ0) is 13.7. The molecule has 1 heterocycles. The largest absolute Gasteiger partial charge is 0.307 e. The van der Waals surface area contributed by atoms with Crippen LogP contribution in [0.25, 0.3) is 0 Å². The number of halogens is 2. The molecule has 0 aliphatic rings. The third-order valence-electron chi connectivity index (χ3n) is 2.80. The second kappa shape index (κ2) is 6.59. The molecule has 0 aliphatic heterocycles. The molecule has 100 valence electrons. The molecule has 0 saturated carbocycles. The van der Waals surface area contributed by atoms with Crippen LogP contribution in [0.1, 0.15) is 24.4 Å². The molecule has 1 aromatic carbocycles. The first-order valence-electron chi connectivity index (χ1n) is 6.15. The molecule has 3 nitrogen and oxygen atoms in total. The lowest BCUT2D eigenvalue weighted by atomic mass is 10.0. The van der Waals surface area contributed by atoms with E-state index in [0.717, 1.165) is 6.54 Å².